The van der Waals surface area contributed by atoms with Crippen LogP contribution in [0.4, 0.5) is 0 Å². The summed E-state index contributed by atoms with van der Waals surface area (Å²) in [6.45, 7) is 16.1. The third kappa shape index (κ3) is 14.5. The highest BCUT2D eigenvalue weighted by Crippen LogP contribution is 2.48. The average molecular weight is 1200 g/mol. The Hall–Kier alpha value is -4.75. The fourth-order valence-corrected chi connectivity index (χ4v) is 12.5. The van der Waals surface area contributed by atoms with E-state index in [4.69, 9.17) is 66.3 Å². The van der Waals surface area contributed by atoms with Crippen LogP contribution >= 0.6 is 0 Å². The predicted molar refractivity (Wildman–Crippen MR) is 286 cm³/mol. The number of rotatable bonds is 18. The summed E-state index contributed by atoms with van der Waals surface area (Å²) < 4.78 is 84.0. The number of Topliss-reactive ketones (excluding diaryl/α,β-unsaturated/α-hetero) is 2. The van der Waals surface area contributed by atoms with Crippen molar-refractivity contribution in [3.8, 4) is 17.2 Å². The maximum atomic E-state index is 15.2. The van der Waals surface area contributed by atoms with Gasteiger partial charge in [0, 0.05) is 71.5 Å². The van der Waals surface area contributed by atoms with E-state index in [-0.39, 0.29) is 77.8 Å². The number of methoxy groups -OCH3 is 1. The third-order valence-electron chi connectivity index (χ3n) is 16.5. The van der Waals surface area contributed by atoms with E-state index in [9.17, 15) is 54.9 Å². The summed E-state index contributed by atoms with van der Waals surface area (Å²) in [6.07, 6.45) is -24.1. The molecule has 2 aromatic carbocycles. The standard InChI is InChI=1S/C58H82O26/c1-22-13-34(62)17-40(72-22)83-39-20-42(76-27(6)54(39)78-30(9)60)80-36-16-33-14-32-15-35(55(71-12)53(69)50(66)26(5)73-29(8)59)56(52(68)46(32)51(67)45(33)47(63)23(36)2)84-43-19-37(48(64)25(4)75-43)81-41-18-38(49(65)24(3)74-41)82-44-21-58(11,70)57(28(7)77-44)79-31(10)61/h14,16,22,24-28,34-35,37-44,48-50,54-57,62-67,70H,13,15,17-21H2,1-12H3/t22?,24?,25?,26-,27?,28?,34+,35+,37-,38-,39?,40+,41+,42+,43+,44+,48-,49-,50+,54+,55+,56+,57+,58-/m1/s1. The Morgan fingerprint density at radius 3 is 1.83 bits per heavy atom. The Balaban J connectivity index is 1.06. The smallest absolute Gasteiger partial charge is 0.303 e. The second-order valence-electron chi connectivity index (χ2n) is 23.4. The summed E-state index contributed by atoms with van der Waals surface area (Å²) in [5.74, 6) is -6.13. The fourth-order valence-electron chi connectivity index (χ4n) is 12.5. The van der Waals surface area contributed by atoms with E-state index in [2.05, 4.69) is 0 Å². The zero-order valence-corrected chi connectivity index (χ0v) is 49.3. The molecule has 7 N–H and O–H groups in total. The Morgan fingerprint density at radius 2 is 1.25 bits per heavy atom. The summed E-state index contributed by atoms with van der Waals surface area (Å²) in [7, 11) is 1.18. The number of hydrogen-bond acceptors (Lipinski definition) is 26. The molecule has 0 bridgehead atoms. The summed E-state index contributed by atoms with van der Waals surface area (Å²) in [4.78, 5) is 65.5. The van der Waals surface area contributed by atoms with E-state index in [0.29, 0.717) is 6.42 Å². The van der Waals surface area contributed by atoms with Crippen molar-refractivity contribution in [1.29, 1.82) is 0 Å². The fraction of sp³-hybridized carbons (Fsp3) is 0.741. The van der Waals surface area contributed by atoms with Crippen molar-refractivity contribution in [1.82, 2.24) is 0 Å². The van der Waals surface area contributed by atoms with Crippen LogP contribution in [0, 0.1) is 12.8 Å². The first kappa shape index (κ1) is 65.2. The number of aliphatic hydroxyl groups excluding tert-OH is 4. The van der Waals surface area contributed by atoms with Crippen LogP contribution in [0.3, 0.4) is 0 Å². The topological polar surface area (TPSA) is 356 Å². The number of benzene rings is 2. The molecule has 6 unspecified atom stereocenters. The molecule has 5 aliphatic heterocycles. The van der Waals surface area contributed by atoms with Gasteiger partial charge in [0.05, 0.1) is 59.8 Å². The molecule has 24 atom stereocenters. The van der Waals surface area contributed by atoms with Gasteiger partial charge in [-0.1, -0.05) is 0 Å². The van der Waals surface area contributed by atoms with Crippen molar-refractivity contribution in [2.45, 2.75) is 262 Å². The first-order chi connectivity index (χ1) is 39.4. The molecule has 1 aliphatic carbocycles. The number of ketones is 2. The molecule has 0 aromatic heterocycles. The summed E-state index contributed by atoms with van der Waals surface area (Å²) in [6, 6.07) is 3.04. The number of fused-ring (bicyclic) bond motifs is 2. The normalized spacial score (nSPS) is 38.4. The molecule has 0 spiro atoms. The Bertz CT molecular complexity index is 2690. The first-order valence-corrected chi connectivity index (χ1v) is 28.6. The summed E-state index contributed by atoms with van der Waals surface area (Å²) in [5.41, 5.74) is -1.53. The van der Waals surface area contributed by atoms with Crippen molar-refractivity contribution in [3.63, 3.8) is 0 Å². The van der Waals surface area contributed by atoms with E-state index in [1.165, 1.54) is 60.8 Å². The van der Waals surface area contributed by atoms with Gasteiger partial charge in [-0.15, -0.1) is 0 Å². The molecule has 470 valence electrons. The number of carbonyl (C=O) groups is 5. The van der Waals surface area contributed by atoms with Gasteiger partial charge in [0.25, 0.3) is 0 Å². The minimum Gasteiger partial charge on any atom is -0.507 e. The molecule has 0 saturated carbocycles. The Kier molecular flexibility index (Phi) is 20.7. The van der Waals surface area contributed by atoms with Crippen LogP contribution in [-0.4, -0.2) is 213 Å². The van der Waals surface area contributed by atoms with Crippen LogP contribution in [0.2, 0.25) is 0 Å². The molecular weight excluding hydrogens is 1110 g/mol. The van der Waals surface area contributed by atoms with E-state index >= 15 is 4.79 Å². The quantitative estimate of drug-likeness (QED) is 0.0832. The van der Waals surface area contributed by atoms with Gasteiger partial charge in [-0.2, -0.15) is 0 Å². The molecular formula is C58H82O26. The maximum Gasteiger partial charge on any atom is 0.303 e. The van der Waals surface area contributed by atoms with E-state index in [1.54, 1.807) is 27.7 Å². The largest absolute Gasteiger partial charge is 0.507 e. The van der Waals surface area contributed by atoms with Crippen LogP contribution in [-0.2, 0) is 87.2 Å². The minimum absolute atomic E-state index is 0.00141. The van der Waals surface area contributed by atoms with Gasteiger partial charge in [0.1, 0.15) is 59.5 Å². The van der Waals surface area contributed by atoms with Gasteiger partial charge < -0.3 is 102 Å². The number of phenolic OH excluding ortho intramolecular Hbond substituents is 2. The highest BCUT2D eigenvalue weighted by molar-refractivity contribution is 6.11. The predicted octanol–water partition coefficient (Wildman–Crippen LogP) is 2.49. The number of ether oxygens (including phenoxy) is 14. The van der Waals surface area contributed by atoms with E-state index in [1.807, 2.05) is 0 Å². The van der Waals surface area contributed by atoms with Crippen LogP contribution in [0.25, 0.3) is 10.8 Å². The maximum absolute atomic E-state index is 15.2. The van der Waals surface area contributed by atoms with Crippen molar-refractivity contribution in [3.05, 3.63) is 28.8 Å². The zero-order valence-electron chi connectivity index (χ0n) is 49.3. The lowest BCUT2D eigenvalue weighted by molar-refractivity contribution is -0.334. The number of carbonyl (C=O) groups excluding carboxylic acids is 5. The second-order valence-corrected chi connectivity index (χ2v) is 23.4. The molecule has 84 heavy (non-hydrogen) atoms. The second kappa shape index (κ2) is 26.7. The summed E-state index contributed by atoms with van der Waals surface area (Å²) in [5, 5.41) is 80.0. The molecule has 8 rings (SSSR count). The molecule has 6 aliphatic rings. The van der Waals surface area contributed by atoms with Gasteiger partial charge in [-0.25, -0.2) is 0 Å². The zero-order chi connectivity index (χ0) is 61.5. The SMILES string of the molecule is CO[C@H](C(=O)[C@@H](O)[C@@H](C)OC(C)=O)[C@@H]1Cc2cc3cc(O[C@H]4CC(O[C@H]5C[C@@H](O)CC(C)O5)[C@@H](OC(C)=O)C(C)O4)c(C)c(O)c3c(O)c2C(=O)[C@H]1O[C@H]1C[C@@H](O[C@H]2C[C@@H](O[C@H]3C[C@@](C)(O)[C@@H](OC(C)=O)C(C)O3)[C@H](O)C(C)O2)[C@H](O)C(C)O1. The van der Waals surface area contributed by atoms with Gasteiger partial charge in [-0.05, 0) is 91.3 Å². The number of phenols is 2. The monoisotopic (exact) mass is 1190 g/mol. The average Bonchev–Trinajstić information content (AvgIpc) is 2.56. The number of esters is 3. The molecule has 0 radical (unpaired) electrons. The summed E-state index contributed by atoms with van der Waals surface area (Å²) >= 11 is 0. The minimum atomic E-state index is -1.95. The lowest BCUT2D eigenvalue weighted by Gasteiger charge is -2.46. The van der Waals surface area contributed by atoms with Crippen LogP contribution in [0.1, 0.15) is 129 Å². The Morgan fingerprint density at radius 1 is 0.690 bits per heavy atom. The molecule has 2 aromatic rings. The van der Waals surface area contributed by atoms with Crippen molar-refractivity contribution < 1.29 is 126 Å². The highest BCUT2D eigenvalue weighted by Gasteiger charge is 2.52. The lowest BCUT2D eigenvalue weighted by Crippen LogP contribution is -2.59. The number of aliphatic hydroxyl groups is 5. The van der Waals surface area contributed by atoms with E-state index in [0.717, 1.165) is 6.92 Å². The van der Waals surface area contributed by atoms with Crippen LogP contribution < -0.4 is 4.74 Å². The van der Waals surface area contributed by atoms with Crippen LogP contribution in [0.5, 0.6) is 17.2 Å². The van der Waals surface area contributed by atoms with Crippen molar-refractivity contribution in [2.24, 2.45) is 5.92 Å². The number of hydrogen-bond donors (Lipinski definition) is 7. The molecule has 5 heterocycles. The molecule has 0 amide bonds. The molecule has 5 saturated heterocycles. The number of aromatic hydroxyl groups is 2. The third-order valence-corrected chi connectivity index (χ3v) is 16.5. The van der Waals surface area contributed by atoms with Crippen LogP contribution in [0.15, 0.2) is 12.1 Å². The van der Waals surface area contributed by atoms with Gasteiger partial charge in [-0.3, -0.25) is 24.0 Å². The van der Waals surface area contributed by atoms with Gasteiger partial charge >= 0.3 is 17.9 Å². The first-order valence-electron chi connectivity index (χ1n) is 28.6. The highest BCUT2D eigenvalue weighted by atomic mass is 16.7. The Labute approximate surface area is 486 Å². The van der Waals surface area contributed by atoms with Gasteiger partial charge in [0.2, 0.25) is 6.29 Å². The van der Waals surface area contributed by atoms with Gasteiger partial charge in [0.15, 0.2) is 55.0 Å². The van der Waals surface area contributed by atoms with Crippen molar-refractivity contribution in [2.75, 3.05) is 7.11 Å². The van der Waals surface area contributed by atoms with Crippen molar-refractivity contribution >= 4 is 40.2 Å². The molecule has 26 heteroatoms. The molecule has 5 fully saturated rings. The lowest BCUT2D eigenvalue weighted by atomic mass is 9.75. The molecule has 26 nitrogen and oxygen atoms in total. The van der Waals surface area contributed by atoms with E-state index < -0.39 is 182 Å².